The number of aromatic amines is 1. The number of imidazole rings is 1. The van der Waals surface area contributed by atoms with Crippen LogP contribution in [0.5, 0.6) is 11.5 Å². The molecule has 1 aromatic carbocycles. The Morgan fingerprint density at radius 1 is 0.947 bits per heavy atom. The Morgan fingerprint density at radius 3 is 2.34 bits per heavy atom. The second-order valence-electron chi connectivity index (χ2n) is 11.4. The first kappa shape index (κ1) is 25.0. The molecule has 200 valence electrons. The van der Waals surface area contributed by atoms with Crippen molar-refractivity contribution in [2.45, 2.75) is 77.6 Å². The lowest BCUT2D eigenvalue weighted by Gasteiger charge is -2.52. The number of rotatable bonds is 8. The van der Waals surface area contributed by atoms with Gasteiger partial charge in [-0.2, -0.15) is 0 Å². The maximum atomic E-state index is 13.7. The minimum absolute atomic E-state index is 0.0322. The summed E-state index contributed by atoms with van der Waals surface area (Å²) in [6.45, 7) is 8.31. The number of H-pyrrole nitrogens is 1. The highest BCUT2D eigenvalue weighted by atomic mass is 16.7. The zero-order chi connectivity index (χ0) is 26.3. The molecule has 3 heterocycles. The smallest absolute Gasteiger partial charge is 0.231 e. The third kappa shape index (κ3) is 4.16. The van der Waals surface area contributed by atoms with Crippen LogP contribution >= 0.6 is 0 Å². The number of nitrogens with zero attached hydrogens (tertiary/aromatic N) is 3. The van der Waals surface area contributed by atoms with Crippen molar-refractivity contribution in [1.82, 2.24) is 19.9 Å². The molecule has 3 saturated carbocycles. The normalized spacial score (nSPS) is 23.6. The SMILES string of the molecule is CCCN(CCC)C(=O)C12CCC(c3nc(-c4ccc5c(c4)OCO5)c(-c4cccc(C)n4)[nH]3)(CC1)CC2. The van der Waals surface area contributed by atoms with Gasteiger partial charge in [-0.3, -0.25) is 9.78 Å². The van der Waals surface area contributed by atoms with Crippen molar-refractivity contribution in [2.75, 3.05) is 19.9 Å². The predicted molar refractivity (Wildman–Crippen MR) is 147 cm³/mol. The van der Waals surface area contributed by atoms with Crippen LogP contribution in [0.4, 0.5) is 0 Å². The molecule has 0 atom stereocenters. The standard InChI is InChI=1S/C31H38N4O3/c1-4-17-35(18-5-2)29(36)31-14-11-30(12-15-31,13-16-31)28-33-26(22-9-10-24-25(19-22)38-20-37-24)27(34-28)23-8-6-7-21(3)32-23/h6-10,19H,4-5,11-18,20H2,1-3H3,(H,33,34). The van der Waals surface area contributed by atoms with Crippen LogP contribution in [0.3, 0.4) is 0 Å². The maximum Gasteiger partial charge on any atom is 0.231 e. The summed E-state index contributed by atoms with van der Waals surface area (Å²) in [5.41, 5.74) is 4.44. The van der Waals surface area contributed by atoms with E-state index in [1.54, 1.807) is 0 Å². The minimum atomic E-state index is -0.195. The first-order valence-electron chi connectivity index (χ1n) is 14.2. The van der Waals surface area contributed by atoms with E-state index in [-0.39, 0.29) is 17.6 Å². The van der Waals surface area contributed by atoms with Crippen LogP contribution in [0.2, 0.25) is 0 Å². The second-order valence-corrected chi connectivity index (χ2v) is 11.4. The lowest BCUT2D eigenvalue weighted by molar-refractivity contribution is -0.149. The predicted octanol–water partition coefficient (Wildman–Crippen LogP) is 6.42. The largest absolute Gasteiger partial charge is 0.454 e. The summed E-state index contributed by atoms with van der Waals surface area (Å²) in [5, 5.41) is 0. The fraction of sp³-hybridized carbons (Fsp3) is 0.516. The molecule has 0 saturated heterocycles. The number of benzene rings is 1. The van der Waals surface area contributed by atoms with E-state index in [2.05, 4.69) is 23.7 Å². The van der Waals surface area contributed by atoms with Gasteiger partial charge in [-0.1, -0.05) is 19.9 Å². The van der Waals surface area contributed by atoms with Gasteiger partial charge in [0, 0.05) is 35.2 Å². The van der Waals surface area contributed by atoms with Gasteiger partial charge in [0.1, 0.15) is 5.82 Å². The van der Waals surface area contributed by atoms with E-state index in [4.69, 9.17) is 19.4 Å². The monoisotopic (exact) mass is 514 g/mol. The van der Waals surface area contributed by atoms with E-state index in [0.717, 1.165) is 110 Å². The number of aromatic nitrogens is 3. The highest BCUT2D eigenvalue weighted by Gasteiger charge is 2.55. The summed E-state index contributed by atoms with van der Waals surface area (Å²) >= 11 is 0. The topological polar surface area (TPSA) is 80.3 Å². The fourth-order valence-electron chi connectivity index (χ4n) is 6.80. The molecule has 4 aliphatic rings. The molecule has 7 heteroatoms. The number of ether oxygens (including phenoxy) is 2. The van der Waals surface area contributed by atoms with Crippen LogP contribution in [0.25, 0.3) is 22.6 Å². The van der Waals surface area contributed by atoms with E-state index >= 15 is 0 Å². The molecule has 38 heavy (non-hydrogen) atoms. The molecule has 1 N–H and O–H groups in total. The van der Waals surface area contributed by atoms with Crippen molar-refractivity contribution in [3.05, 3.63) is 47.9 Å². The molecule has 3 aliphatic carbocycles. The molecule has 0 unspecified atom stereocenters. The summed E-state index contributed by atoms with van der Waals surface area (Å²) < 4.78 is 11.2. The number of fused-ring (bicyclic) bond motifs is 4. The van der Waals surface area contributed by atoms with Crippen molar-refractivity contribution >= 4 is 5.91 Å². The van der Waals surface area contributed by atoms with Gasteiger partial charge in [-0.15, -0.1) is 0 Å². The van der Waals surface area contributed by atoms with E-state index in [1.807, 2.05) is 43.3 Å². The summed E-state index contributed by atoms with van der Waals surface area (Å²) in [6.07, 6.45) is 7.79. The third-order valence-electron chi connectivity index (χ3n) is 8.97. The van der Waals surface area contributed by atoms with Crippen molar-refractivity contribution in [2.24, 2.45) is 5.41 Å². The van der Waals surface area contributed by atoms with Crippen molar-refractivity contribution < 1.29 is 14.3 Å². The van der Waals surface area contributed by atoms with Gasteiger partial charge in [-0.05, 0) is 88.6 Å². The Kier molecular flexibility index (Phi) is 6.40. The van der Waals surface area contributed by atoms with E-state index in [9.17, 15) is 4.79 Å². The number of aryl methyl sites for hydroxylation is 1. The molecular formula is C31H38N4O3. The first-order chi connectivity index (χ1) is 18.5. The van der Waals surface area contributed by atoms with Crippen LogP contribution in [-0.4, -0.2) is 45.6 Å². The van der Waals surface area contributed by atoms with Gasteiger partial charge in [-0.25, -0.2) is 4.98 Å². The van der Waals surface area contributed by atoms with Crippen LogP contribution in [-0.2, 0) is 10.2 Å². The molecule has 1 aliphatic heterocycles. The first-order valence-corrected chi connectivity index (χ1v) is 14.2. The van der Waals surface area contributed by atoms with Gasteiger partial charge in [0.15, 0.2) is 11.5 Å². The molecule has 7 nitrogen and oxygen atoms in total. The number of hydrogen-bond acceptors (Lipinski definition) is 5. The van der Waals surface area contributed by atoms with Gasteiger partial charge < -0.3 is 19.4 Å². The van der Waals surface area contributed by atoms with E-state index < -0.39 is 0 Å². The van der Waals surface area contributed by atoms with Gasteiger partial charge >= 0.3 is 0 Å². The molecule has 0 spiro atoms. The van der Waals surface area contributed by atoms with Crippen LogP contribution in [0.1, 0.15) is 76.7 Å². The quantitative estimate of drug-likeness (QED) is 0.375. The summed E-state index contributed by atoms with van der Waals surface area (Å²) in [4.78, 5) is 29.7. The molecule has 2 aromatic heterocycles. The number of amides is 1. The van der Waals surface area contributed by atoms with Crippen LogP contribution < -0.4 is 9.47 Å². The Balaban J connectivity index is 1.34. The number of pyridine rings is 1. The molecule has 2 bridgehead atoms. The van der Waals surface area contributed by atoms with Gasteiger partial charge in [0.05, 0.1) is 17.1 Å². The van der Waals surface area contributed by atoms with Gasteiger partial charge in [0.25, 0.3) is 0 Å². The Labute approximate surface area is 225 Å². The average molecular weight is 515 g/mol. The van der Waals surface area contributed by atoms with E-state index in [1.165, 1.54) is 0 Å². The molecule has 1 amide bonds. The summed E-state index contributed by atoms with van der Waals surface area (Å²) in [6, 6.07) is 12.1. The average Bonchev–Trinajstić information content (AvgIpc) is 3.61. The van der Waals surface area contributed by atoms with Crippen LogP contribution in [0.15, 0.2) is 36.4 Å². The highest BCUT2D eigenvalue weighted by molar-refractivity contribution is 5.83. The highest BCUT2D eigenvalue weighted by Crippen LogP contribution is 2.58. The Hall–Kier alpha value is -3.35. The number of carbonyl (C=O) groups excluding carboxylic acids is 1. The lowest BCUT2D eigenvalue weighted by Crippen LogP contribution is -2.53. The second kappa shape index (κ2) is 9.75. The number of hydrogen-bond donors (Lipinski definition) is 1. The molecule has 3 fully saturated rings. The summed E-state index contributed by atoms with van der Waals surface area (Å²) in [5.74, 6) is 2.93. The van der Waals surface area contributed by atoms with Crippen LogP contribution in [0, 0.1) is 12.3 Å². The fourth-order valence-corrected chi connectivity index (χ4v) is 6.80. The zero-order valence-electron chi connectivity index (χ0n) is 22.8. The van der Waals surface area contributed by atoms with E-state index in [0.29, 0.717) is 5.91 Å². The Bertz CT molecular complexity index is 1320. The van der Waals surface area contributed by atoms with Crippen molar-refractivity contribution in [3.8, 4) is 34.1 Å². The molecule has 7 rings (SSSR count). The molecule has 3 aromatic rings. The molecular weight excluding hydrogens is 476 g/mol. The third-order valence-corrected chi connectivity index (χ3v) is 8.97. The lowest BCUT2D eigenvalue weighted by atomic mass is 9.53. The number of carbonyl (C=O) groups is 1. The number of nitrogens with one attached hydrogen (secondary N) is 1. The minimum Gasteiger partial charge on any atom is -0.454 e. The zero-order valence-corrected chi connectivity index (χ0v) is 22.8. The van der Waals surface area contributed by atoms with Crippen molar-refractivity contribution in [1.29, 1.82) is 0 Å². The van der Waals surface area contributed by atoms with Crippen molar-refractivity contribution in [3.63, 3.8) is 0 Å². The van der Waals surface area contributed by atoms with Gasteiger partial charge in [0.2, 0.25) is 12.7 Å². The maximum absolute atomic E-state index is 13.7. The Morgan fingerprint density at radius 2 is 1.66 bits per heavy atom. The molecule has 0 radical (unpaired) electrons. The summed E-state index contributed by atoms with van der Waals surface area (Å²) in [7, 11) is 0.